The standard InChI is InChI=1S/C20H27NO3/c22-19-6-2-5-17(19)18-13-24-10-9-21(18)20(23)12-14-7-8-15-3-1-4-16(15)11-14/h7-8,11,17-19,22H,1-6,9-10,12-13H2/t17-,18+,19-/m0/s1. The van der Waals surface area contributed by atoms with Crippen LogP contribution in [0.5, 0.6) is 0 Å². The first-order valence-electron chi connectivity index (χ1n) is 9.38. The quantitative estimate of drug-likeness (QED) is 0.924. The summed E-state index contributed by atoms with van der Waals surface area (Å²) in [6.07, 6.45) is 6.64. The van der Waals surface area contributed by atoms with E-state index in [0.717, 1.165) is 31.2 Å². The van der Waals surface area contributed by atoms with Crippen molar-refractivity contribution in [2.75, 3.05) is 19.8 Å². The third kappa shape index (κ3) is 3.09. The lowest BCUT2D eigenvalue weighted by Crippen LogP contribution is -2.54. The Kier molecular flexibility index (Phi) is 4.59. The van der Waals surface area contributed by atoms with Gasteiger partial charge in [-0.25, -0.2) is 0 Å². The number of hydrogen-bond acceptors (Lipinski definition) is 3. The number of aliphatic hydroxyl groups is 1. The highest BCUT2D eigenvalue weighted by atomic mass is 16.5. The van der Waals surface area contributed by atoms with Gasteiger partial charge in [-0.05, 0) is 48.8 Å². The molecule has 130 valence electrons. The lowest BCUT2D eigenvalue weighted by molar-refractivity contribution is -0.143. The number of amides is 1. The first kappa shape index (κ1) is 16.1. The fourth-order valence-electron chi connectivity index (χ4n) is 4.72. The normalized spacial score (nSPS) is 29.7. The first-order valence-corrected chi connectivity index (χ1v) is 9.38. The molecular formula is C20H27NO3. The van der Waals surface area contributed by atoms with Gasteiger partial charge >= 0.3 is 0 Å². The third-order valence-electron chi connectivity index (χ3n) is 6.03. The summed E-state index contributed by atoms with van der Waals surface area (Å²) in [4.78, 5) is 14.9. The molecule has 4 nitrogen and oxygen atoms in total. The zero-order chi connectivity index (χ0) is 16.5. The molecule has 1 N–H and O–H groups in total. The fraction of sp³-hybridized carbons (Fsp3) is 0.650. The summed E-state index contributed by atoms with van der Waals surface area (Å²) in [5, 5.41) is 10.2. The number of carbonyl (C=O) groups excluding carboxylic acids is 1. The van der Waals surface area contributed by atoms with Crippen molar-refractivity contribution in [3.05, 3.63) is 34.9 Å². The summed E-state index contributed by atoms with van der Waals surface area (Å²) < 4.78 is 5.63. The molecule has 1 heterocycles. The van der Waals surface area contributed by atoms with Gasteiger partial charge in [-0.1, -0.05) is 24.6 Å². The number of fused-ring (bicyclic) bond motifs is 1. The van der Waals surface area contributed by atoms with Crippen molar-refractivity contribution in [1.29, 1.82) is 0 Å². The minimum atomic E-state index is -0.285. The number of aliphatic hydroxyl groups excluding tert-OH is 1. The maximum Gasteiger partial charge on any atom is 0.227 e. The Morgan fingerprint density at radius 1 is 1.21 bits per heavy atom. The van der Waals surface area contributed by atoms with Crippen LogP contribution in [0.2, 0.25) is 0 Å². The molecule has 3 aliphatic rings. The Labute approximate surface area is 143 Å². The highest BCUT2D eigenvalue weighted by Gasteiger charge is 2.39. The number of ether oxygens (including phenoxy) is 1. The van der Waals surface area contributed by atoms with E-state index < -0.39 is 0 Å². The van der Waals surface area contributed by atoms with E-state index in [0.29, 0.717) is 26.2 Å². The number of nitrogens with zero attached hydrogens (tertiary/aromatic N) is 1. The van der Waals surface area contributed by atoms with Crippen molar-refractivity contribution in [2.45, 2.75) is 57.1 Å². The van der Waals surface area contributed by atoms with Gasteiger partial charge in [0.25, 0.3) is 0 Å². The van der Waals surface area contributed by atoms with Gasteiger partial charge in [-0.15, -0.1) is 0 Å². The van der Waals surface area contributed by atoms with E-state index in [2.05, 4.69) is 18.2 Å². The Morgan fingerprint density at radius 3 is 2.92 bits per heavy atom. The Balaban J connectivity index is 1.47. The molecule has 1 amide bonds. The molecule has 0 radical (unpaired) electrons. The molecule has 1 saturated carbocycles. The van der Waals surface area contributed by atoms with Crippen LogP contribution in [-0.2, 0) is 28.8 Å². The summed E-state index contributed by atoms with van der Waals surface area (Å²) >= 11 is 0. The Bertz CT molecular complexity index is 615. The van der Waals surface area contributed by atoms with Crippen LogP contribution in [0.1, 0.15) is 42.4 Å². The van der Waals surface area contributed by atoms with Crippen molar-refractivity contribution >= 4 is 5.91 Å². The molecule has 3 atom stereocenters. The third-order valence-corrected chi connectivity index (χ3v) is 6.03. The fourth-order valence-corrected chi connectivity index (χ4v) is 4.72. The van der Waals surface area contributed by atoms with Gasteiger partial charge < -0.3 is 14.7 Å². The van der Waals surface area contributed by atoms with E-state index in [1.165, 1.54) is 24.0 Å². The number of carbonyl (C=O) groups is 1. The highest BCUT2D eigenvalue weighted by Crippen LogP contribution is 2.32. The second-order valence-corrected chi connectivity index (χ2v) is 7.52. The Morgan fingerprint density at radius 2 is 2.08 bits per heavy atom. The zero-order valence-electron chi connectivity index (χ0n) is 14.2. The molecule has 4 heteroatoms. The van der Waals surface area contributed by atoms with Crippen LogP contribution in [0.15, 0.2) is 18.2 Å². The molecular weight excluding hydrogens is 302 g/mol. The van der Waals surface area contributed by atoms with Gasteiger partial charge in [0.15, 0.2) is 0 Å². The van der Waals surface area contributed by atoms with Gasteiger partial charge in [0, 0.05) is 12.5 Å². The molecule has 4 rings (SSSR count). The van der Waals surface area contributed by atoms with Gasteiger partial charge in [-0.3, -0.25) is 4.79 Å². The van der Waals surface area contributed by atoms with Crippen molar-refractivity contribution in [3.63, 3.8) is 0 Å². The van der Waals surface area contributed by atoms with Crippen LogP contribution in [0.3, 0.4) is 0 Å². The molecule has 1 aliphatic heterocycles. The van der Waals surface area contributed by atoms with Crippen LogP contribution in [-0.4, -0.2) is 47.8 Å². The Hall–Kier alpha value is -1.39. The molecule has 0 bridgehead atoms. The van der Waals surface area contributed by atoms with E-state index in [9.17, 15) is 9.90 Å². The number of morpholine rings is 1. The minimum Gasteiger partial charge on any atom is -0.393 e. The summed E-state index contributed by atoms with van der Waals surface area (Å²) in [5.74, 6) is 0.356. The SMILES string of the molecule is O=C(Cc1ccc2c(c1)CCC2)N1CCOC[C@@H]1[C@@H]1CCC[C@@H]1O. The second kappa shape index (κ2) is 6.85. The van der Waals surface area contributed by atoms with Gasteiger partial charge in [-0.2, -0.15) is 0 Å². The van der Waals surface area contributed by atoms with Crippen molar-refractivity contribution in [3.8, 4) is 0 Å². The van der Waals surface area contributed by atoms with E-state index in [-0.39, 0.29) is 24.0 Å². The lowest BCUT2D eigenvalue weighted by atomic mass is 9.93. The summed E-state index contributed by atoms with van der Waals surface area (Å²) in [6, 6.07) is 6.57. The molecule has 0 aromatic heterocycles. The molecule has 1 aromatic rings. The molecule has 0 spiro atoms. The number of aryl methyl sites for hydroxylation is 2. The molecule has 1 aromatic carbocycles. The van der Waals surface area contributed by atoms with E-state index >= 15 is 0 Å². The molecule has 2 fully saturated rings. The summed E-state index contributed by atoms with van der Waals surface area (Å²) in [5.41, 5.74) is 3.99. The lowest BCUT2D eigenvalue weighted by Gasteiger charge is -2.40. The summed E-state index contributed by atoms with van der Waals surface area (Å²) in [6.45, 7) is 1.82. The average molecular weight is 329 g/mol. The predicted octanol–water partition coefficient (Wildman–Crippen LogP) is 2.11. The van der Waals surface area contributed by atoms with E-state index in [1.807, 2.05) is 4.90 Å². The maximum absolute atomic E-state index is 12.9. The molecule has 1 saturated heterocycles. The smallest absolute Gasteiger partial charge is 0.227 e. The predicted molar refractivity (Wildman–Crippen MR) is 91.8 cm³/mol. The first-order chi connectivity index (χ1) is 11.7. The van der Waals surface area contributed by atoms with Crippen molar-refractivity contribution < 1.29 is 14.6 Å². The molecule has 2 aliphatic carbocycles. The largest absolute Gasteiger partial charge is 0.393 e. The topological polar surface area (TPSA) is 49.8 Å². The minimum absolute atomic E-state index is 0.0400. The highest BCUT2D eigenvalue weighted by molar-refractivity contribution is 5.79. The number of benzene rings is 1. The van der Waals surface area contributed by atoms with Crippen LogP contribution in [0.25, 0.3) is 0 Å². The molecule has 0 unspecified atom stereocenters. The van der Waals surface area contributed by atoms with Crippen LogP contribution >= 0.6 is 0 Å². The van der Waals surface area contributed by atoms with Gasteiger partial charge in [0.05, 0.1) is 31.8 Å². The van der Waals surface area contributed by atoms with Crippen molar-refractivity contribution in [1.82, 2.24) is 4.90 Å². The van der Waals surface area contributed by atoms with E-state index in [1.54, 1.807) is 0 Å². The van der Waals surface area contributed by atoms with E-state index in [4.69, 9.17) is 4.74 Å². The second-order valence-electron chi connectivity index (χ2n) is 7.52. The van der Waals surface area contributed by atoms with Gasteiger partial charge in [0.1, 0.15) is 0 Å². The number of hydrogen-bond donors (Lipinski definition) is 1. The van der Waals surface area contributed by atoms with Crippen LogP contribution < -0.4 is 0 Å². The number of rotatable bonds is 3. The van der Waals surface area contributed by atoms with Gasteiger partial charge in [0.2, 0.25) is 5.91 Å². The van der Waals surface area contributed by atoms with Crippen LogP contribution in [0.4, 0.5) is 0 Å². The average Bonchev–Trinajstić information content (AvgIpc) is 3.23. The van der Waals surface area contributed by atoms with Crippen LogP contribution in [0, 0.1) is 5.92 Å². The molecule has 24 heavy (non-hydrogen) atoms. The zero-order valence-corrected chi connectivity index (χ0v) is 14.2. The van der Waals surface area contributed by atoms with Crippen molar-refractivity contribution in [2.24, 2.45) is 5.92 Å². The maximum atomic E-state index is 12.9. The summed E-state index contributed by atoms with van der Waals surface area (Å²) in [7, 11) is 0. The monoisotopic (exact) mass is 329 g/mol.